The number of ether oxygens (including phenoxy) is 1. The number of nitrogens with one attached hydrogen (secondary N) is 3. The maximum Gasteiger partial charge on any atom is 0.413 e. The van der Waals surface area contributed by atoms with Gasteiger partial charge in [-0.3, -0.25) is 4.79 Å². The number of aryl methyl sites for hydroxylation is 1. The van der Waals surface area contributed by atoms with Crippen LogP contribution in [0.4, 0.5) is 9.93 Å². The molecule has 0 fully saturated rings. The molecule has 7 nitrogen and oxygen atoms in total. The molecule has 0 radical (unpaired) electrons. The number of aromatic amines is 1. The number of H-pyrrole nitrogens is 1. The van der Waals surface area contributed by atoms with Crippen molar-refractivity contribution in [3.63, 3.8) is 0 Å². The largest absolute Gasteiger partial charge is 0.413 e. The third-order valence-electron chi connectivity index (χ3n) is 4.51. The van der Waals surface area contributed by atoms with Crippen LogP contribution in [0.3, 0.4) is 0 Å². The van der Waals surface area contributed by atoms with Crippen LogP contribution in [0, 0.1) is 6.92 Å². The molecular weight excluding hydrogens is 400 g/mol. The van der Waals surface area contributed by atoms with Gasteiger partial charge in [0.1, 0.15) is 11.8 Å². The molecule has 0 bridgehead atoms. The lowest BCUT2D eigenvalue weighted by atomic mass is 10.0. The van der Waals surface area contributed by atoms with E-state index in [1.807, 2.05) is 48.8 Å². The molecule has 3 N–H and O–H groups in total. The highest BCUT2D eigenvalue weighted by molar-refractivity contribution is 7.13. The second-order valence-corrected chi connectivity index (χ2v) is 7.60. The van der Waals surface area contributed by atoms with Crippen molar-refractivity contribution < 1.29 is 14.3 Å². The van der Waals surface area contributed by atoms with Crippen molar-refractivity contribution in [3.8, 4) is 5.75 Å². The third kappa shape index (κ3) is 4.66. The number of anilines is 1. The smallest absolute Gasteiger partial charge is 0.410 e. The minimum atomic E-state index is -0.843. The van der Waals surface area contributed by atoms with Gasteiger partial charge in [-0.25, -0.2) is 9.78 Å². The number of carbonyl (C=O) groups is 2. The van der Waals surface area contributed by atoms with E-state index in [0.29, 0.717) is 17.3 Å². The zero-order chi connectivity index (χ0) is 20.9. The van der Waals surface area contributed by atoms with Crippen LogP contribution in [-0.4, -0.2) is 28.0 Å². The van der Waals surface area contributed by atoms with E-state index in [1.54, 1.807) is 24.3 Å². The van der Waals surface area contributed by atoms with E-state index in [2.05, 4.69) is 20.6 Å². The van der Waals surface area contributed by atoms with Crippen LogP contribution in [0.1, 0.15) is 11.3 Å². The van der Waals surface area contributed by atoms with E-state index in [1.165, 1.54) is 11.3 Å². The van der Waals surface area contributed by atoms with Crippen LogP contribution in [-0.2, 0) is 11.2 Å². The summed E-state index contributed by atoms with van der Waals surface area (Å²) in [6.07, 6.45) is 1.45. The highest BCUT2D eigenvalue weighted by Gasteiger charge is 2.24. The van der Waals surface area contributed by atoms with Gasteiger partial charge < -0.3 is 20.4 Å². The standard InChI is InChI=1S/C22H20N4O3S/c1-14-13-30-21(24-14)26-20(27)19(25-22(28)29-16-7-3-2-4-8-16)11-15-12-23-18-10-6-5-9-17(15)18/h2-10,12-13,19,23H,11H2,1H3,(H,25,28)(H,24,26,27)/t19-/m0/s1. The molecule has 8 heteroatoms. The number of hydrogen-bond acceptors (Lipinski definition) is 5. The summed E-state index contributed by atoms with van der Waals surface area (Å²) in [5.74, 6) is 0.0384. The molecule has 0 unspecified atom stereocenters. The van der Waals surface area contributed by atoms with Gasteiger partial charge in [0.15, 0.2) is 5.13 Å². The summed E-state index contributed by atoms with van der Waals surface area (Å²) >= 11 is 1.33. The number of hydrogen-bond donors (Lipinski definition) is 3. The van der Waals surface area contributed by atoms with E-state index in [-0.39, 0.29) is 5.91 Å². The van der Waals surface area contributed by atoms with Gasteiger partial charge in [0, 0.05) is 28.9 Å². The Morgan fingerprint density at radius 2 is 1.90 bits per heavy atom. The first-order valence-corrected chi connectivity index (χ1v) is 10.3. The molecule has 2 aromatic carbocycles. The number of rotatable bonds is 6. The molecule has 0 spiro atoms. The van der Waals surface area contributed by atoms with Crippen LogP contribution in [0.25, 0.3) is 10.9 Å². The van der Waals surface area contributed by atoms with E-state index in [0.717, 1.165) is 22.2 Å². The minimum absolute atomic E-state index is 0.296. The van der Waals surface area contributed by atoms with Crippen molar-refractivity contribution in [1.82, 2.24) is 15.3 Å². The number of nitrogens with zero attached hydrogens (tertiary/aromatic N) is 1. The monoisotopic (exact) mass is 420 g/mol. The summed E-state index contributed by atoms with van der Waals surface area (Å²) in [5, 5.41) is 8.80. The summed E-state index contributed by atoms with van der Waals surface area (Å²) in [6, 6.07) is 15.7. The molecule has 0 aliphatic rings. The molecule has 0 aliphatic heterocycles. The van der Waals surface area contributed by atoms with Crippen molar-refractivity contribution in [3.05, 3.63) is 77.4 Å². The molecule has 1 atom stereocenters. The maximum absolute atomic E-state index is 12.9. The molecule has 2 amide bonds. The molecule has 2 heterocycles. The van der Waals surface area contributed by atoms with Gasteiger partial charge in [-0.05, 0) is 30.7 Å². The van der Waals surface area contributed by atoms with E-state index in [4.69, 9.17) is 4.74 Å². The molecular formula is C22H20N4O3S. The Labute approximate surface area is 177 Å². The number of aromatic nitrogens is 2. The van der Waals surface area contributed by atoms with Gasteiger partial charge in [0.25, 0.3) is 0 Å². The first kappa shape index (κ1) is 19.7. The van der Waals surface area contributed by atoms with Crippen LogP contribution >= 0.6 is 11.3 Å². The number of thiazole rings is 1. The molecule has 0 saturated heterocycles. The fraction of sp³-hybridized carbons (Fsp3) is 0.136. The number of para-hydroxylation sites is 2. The Morgan fingerprint density at radius 1 is 1.13 bits per heavy atom. The minimum Gasteiger partial charge on any atom is -0.410 e. The quantitative estimate of drug-likeness (QED) is 0.434. The lowest BCUT2D eigenvalue weighted by Crippen LogP contribution is -2.46. The zero-order valence-electron chi connectivity index (χ0n) is 16.2. The van der Waals surface area contributed by atoms with Crippen molar-refractivity contribution in [2.45, 2.75) is 19.4 Å². The summed E-state index contributed by atoms with van der Waals surface area (Å²) < 4.78 is 5.31. The number of amides is 2. The molecule has 4 rings (SSSR count). The van der Waals surface area contributed by atoms with Crippen LogP contribution in [0.15, 0.2) is 66.2 Å². The summed E-state index contributed by atoms with van der Waals surface area (Å²) in [5.41, 5.74) is 2.70. The van der Waals surface area contributed by atoms with Gasteiger partial charge in [-0.1, -0.05) is 36.4 Å². The van der Waals surface area contributed by atoms with E-state index < -0.39 is 12.1 Å². The third-order valence-corrected chi connectivity index (χ3v) is 5.39. The summed E-state index contributed by atoms with van der Waals surface area (Å²) in [4.78, 5) is 32.8. The lowest BCUT2D eigenvalue weighted by molar-refractivity contribution is -0.118. The number of fused-ring (bicyclic) bond motifs is 1. The highest BCUT2D eigenvalue weighted by atomic mass is 32.1. The topological polar surface area (TPSA) is 96.1 Å². The zero-order valence-corrected chi connectivity index (χ0v) is 17.0. The Bertz CT molecular complexity index is 1170. The van der Waals surface area contributed by atoms with E-state index in [9.17, 15) is 9.59 Å². The first-order valence-electron chi connectivity index (χ1n) is 9.40. The fourth-order valence-electron chi connectivity index (χ4n) is 3.10. The van der Waals surface area contributed by atoms with Crippen molar-refractivity contribution in [2.24, 2.45) is 0 Å². The fourth-order valence-corrected chi connectivity index (χ4v) is 3.79. The van der Waals surface area contributed by atoms with Gasteiger partial charge in [-0.2, -0.15) is 0 Å². The first-order chi connectivity index (χ1) is 14.6. The number of benzene rings is 2. The summed E-state index contributed by atoms with van der Waals surface area (Å²) in [6.45, 7) is 1.85. The Morgan fingerprint density at radius 3 is 2.67 bits per heavy atom. The molecule has 2 aromatic heterocycles. The van der Waals surface area contributed by atoms with Gasteiger partial charge in [0.05, 0.1) is 5.69 Å². The SMILES string of the molecule is Cc1csc(NC(=O)[C@H](Cc2c[nH]c3ccccc23)NC(=O)Oc2ccccc2)n1. The second-order valence-electron chi connectivity index (χ2n) is 6.75. The highest BCUT2D eigenvalue weighted by Crippen LogP contribution is 2.20. The Balaban J connectivity index is 1.53. The predicted octanol–water partition coefficient (Wildman–Crippen LogP) is 4.27. The molecule has 4 aromatic rings. The normalized spacial score (nSPS) is 11.8. The van der Waals surface area contributed by atoms with Gasteiger partial charge in [-0.15, -0.1) is 11.3 Å². The Hall–Kier alpha value is -3.65. The van der Waals surface area contributed by atoms with Crippen LogP contribution < -0.4 is 15.4 Å². The van der Waals surface area contributed by atoms with Crippen LogP contribution in [0.5, 0.6) is 5.75 Å². The average molecular weight is 420 g/mol. The van der Waals surface area contributed by atoms with Crippen molar-refractivity contribution in [1.29, 1.82) is 0 Å². The van der Waals surface area contributed by atoms with E-state index >= 15 is 0 Å². The second kappa shape index (κ2) is 8.79. The van der Waals surface area contributed by atoms with Crippen molar-refractivity contribution >= 4 is 39.4 Å². The van der Waals surface area contributed by atoms with Gasteiger partial charge in [0.2, 0.25) is 5.91 Å². The molecule has 0 saturated carbocycles. The Kier molecular flexibility index (Phi) is 5.76. The molecule has 30 heavy (non-hydrogen) atoms. The molecule has 0 aliphatic carbocycles. The van der Waals surface area contributed by atoms with Gasteiger partial charge >= 0.3 is 6.09 Å². The number of carbonyl (C=O) groups excluding carboxylic acids is 2. The maximum atomic E-state index is 12.9. The lowest BCUT2D eigenvalue weighted by Gasteiger charge is -2.17. The predicted molar refractivity (Wildman–Crippen MR) is 117 cm³/mol. The van der Waals surface area contributed by atoms with Crippen molar-refractivity contribution in [2.75, 3.05) is 5.32 Å². The van der Waals surface area contributed by atoms with Crippen LogP contribution in [0.2, 0.25) is 0 Å². The average Bonchev–Trinajstić information content (AvgIpc) is 3.34. The summed E-state index contributed by atoms with van der Waals surface area (Å²) in [7, 11) is 0. The molecule has 152 valence electrons.